The van der Waals surface area contributed by atoms with Crippen molar-refractivity contribution in [2.24, 2.45) is 0 Å². The Hall–Kier alpha value is -2.34. The van der Waals surface area contributed by atoms with Crippen LogP contribution in [-0.4, -0.2) is 30.5 Å². The molecule has 0 unspecified atom stereocenters. The Morgan fingerprint density at radius 3 is 2.44 bits per heavy atom. The molecule has 27 heavy (non-hydrogen) atoms. The van der Waals surface area contributed by atoms with E-state index >= 15 is 0 Å². The molecule has 1 saturated heterocycles. The van der Waals surface area contributed by atoms with Crippen LogP contribution >= 0.6 is 0 Å². The molecule has 3 nitrogen and oxygen atoms in total. The summed E-state index contributed by atoms with van der Waals surface area (Å²) in [6.45, 7) is 3.16. The highest BCUT2D eigenvalue weighted by atomic mass is 19.4. The Bertz CT molecular complexity index is 811. The number of carbonyl (C=O) groups excluding carboxylic acids is 1. The van der Waals surface area contributed by atoms with Crippen molar-refractivity contribution >= 4 is 11.6 Å². The lowest BCUT2D eigenvalue weighted by Gasteiger charge is -2.38. The van der Waals surface area contributed by atoms with Crippen LogP contribution in [0, 0.1) is 0 Å². The van der Waals surface area contributed by atoms with E-state index in [4.69, 9.17) is 0 Å². The highest BCUT2D eigenvalue weighted by Crippen LogP contribution is 2.29. The van der Waals surface area contributed by atoms with Crippen LogP contribution in [0.4, 0.5) is 18.9 Å². The van der Waals surface area contributed by atoms with Gasteiger partial charge in [0.2, 0.25) is 0 Å². The molecule has 3 rings (SSSR count). The molecule has 1 aliphatic rings. The van der Waals surface area contributed by atoms with Crippen molar-refractivity contribution in [3.05, 3.63) is 65.2 Å². The monoisotopic (exact) mass is 377 g/mol. The highest BCUT2D eigenvalue weighted by molar-refractivity contribution is 6.04. The number of hydrogen-bond acceptors (Lipinski definition) is 1. The van der Waals surface area contributed by atoms with Gasteiger partial charge in [0, 0.05) is 16.8 Å². The van der Waals surface area contributed by atoms with Crippen molar-refractivity contribution in [2.75, 3.05) is 25.5 Å². The van der Waals surface area contributed by atoms with E-state index < -0.39 is 17.6 Å². The van der Waals surface area contributed by atoms with E-state index in [1.165, 1.54) is 31.4 Å². The summed E-state index contributed by atoms with van der Waals surface area (Å²) in [6.07, 6.45) is -0.741. The number of piperidine rings is 1. The third kappa shape index (κ3) is 5.10. The number of amides is 1. The minimum absolute atomic E-state index is 0.00903. The number of benzene rings is 2. The number of alkyl halides is 3. The first kappa shape index (κ1) is 19.4. The van der Waals surface area contributed by atoms with Gasteiger partial charge in [-0.25, -0.2) is 0 Å². The fourth-order valence-electron chi connectivity index (χ4n) is 3.66. The molecule has 0 saturated carbocycles. The summed E-state index contributed by atoms with van der Waals surface area (Å²) >= 11 is 0. The molecular weight excluding hydrogens is 353 g/mol. The topological polar surface area (TPSA) is 29.1 Å². The smallest absolute Gasteiger partial charge is 0.322 e. The van der Waals surface area contributed by atoms with E-state index in [0.717, 1.165) is 41.8 Å². The van der Waals surface area contributed by atoms with Gasteiger partial charge in [-0.2, -0.15) is 13.2 Å². The van der Waals surface area contributed by atoms with Gasteiger partial charge >= 0.3 is 6.18 Å². The van der Waals surface area contributed by atoms with Crippen LogP contribution in [0.1, 0.15) is 40.7 Å². The fraction of sp³-hybridized carbons (Fsp3) is 0.381. The number of carbonyl (C=O) groups is 1. The lowest BCUT2D eigenvalue weighted by molar-refractivity contribution is -0.926. The van der Waals surface area contributed by atoms with Crippen molar-refractivity contribution in [3.63, 3.8) is 0 Å². The van der Waals surface area contributed by atoms with Gasteiger partial charge in [-0.05, 0) is 49.6 Å². The number of rotatable bonds is 4. The maximum Gasteiger partial charge on any atom is 0.416 e. The number of likely N-dealkylation sites (tertiary alicyclic amines) is 1. The van der Waals surface area contributed by atoms with Crippen molar-refractivity contribution < 1.29 is 22.4 Å². The van der Waals surface area contributed by atoms with Crippen molar-refractivity contribution in [2.45, 2.75) is 32.0 Å². The summed E-state index contributed by atoms with van der Waals surface area (Å²) in [5.74, 6) is -0.545. The average molecular weight is 377 g/mol. The van der Waals surface area contributed by atoms with Crippen molar-refractivity contribution in [3.8, 4) is 0 Å². The molecule has 1 heterocycles. The molecule has 1 fully saturated rings. The maximum absolute atomic E-state index is 12.8. The maximum atomic E-state index is 12.8. The normalized spacial score (nSPS) is 16.7. The fourth-order valence-corrected chi connectivity index (χ4v) is 3.66. The summed E-state index contributed by atoms with van der Waals surface area (Å²) in [5, 5.41) is 2.71. The summed E-state index contributed by atoms with van der Waals surface area (Å²) < 4.78 is 39.5. The van der Waals surface area contributed by atoms with E-state index in [-0.39, 0.29) is 5.56 Å². The average Bonchev–Trinajstić information content (AvgIpc) is 2.61. The second kappa shape index (κ2) is 7.72. The summed E-state index contributed by atoms with van der Waals surface area (Å²) in [7, 11) is 2.24. The van der Waals surface area contributed by atoms with Gasteiger partial charge < -0.3 is 9.80 Å². The number of nitrogens with zero attached hydrogens (tertiary/aromatic N) is 1. The van der Waals surface area contributed by atoms with Crippen LogP contribution in [-0.2, 0) is 12.7 Å². The summed E-state index contributed by atoms with van der Waals surface area (Å²) in [6, 6.07) is 12.0. The first-order valence-electron chi connectivity index (χ1n) is 9.16. The summed E-state index contributed by atoms with van der Waals surface area (Å²) in [5.41, 5.74) is 0.872. The molecule has 0 radical (unpaired) electrons. The standard InChI is InChI=1S/C21H23F3N2O/c1-26(11-3-2-4-12-26)15-16-7-5-10-19(13-16)25-20(27)17-8-6-9-18(14-17)21(22,23)24/h5-10,13-14H,2-4,11-12,15H2,1H3/p+1. The molecule has 0 bridgehead atoms. The number of nitrogens with one attached hydrogen (secondary N) is 1. The Morgan fingerprint density at radius 1 is 1.04 bits per heavy atom. The van der Waals surface area contributed by atoms with Crippen LogP contribution in [0.15, 0.2) is 48.5 Å². The lowest BCUT2D eigenvalue weighted by atomic mass is 10.1. The van der Waals surface area contributed by atoms with Crippen molar-refractivity contribution in [1.82, 2.24) is 0 Å². The van der Waals surface area contributed by atoms with E-state index in [1.807, 2.05) is 18.2 Å². The minimum Gasteiger partial charge on any atom is -0.322 e. The van der Waals surface area contributed by atoms with Crippen LogP contribution in [0.2, 0.25) is 0 Å². The molecule has 0 aromatic heterocycles. The molecule has 0 spiro atoms. The van der Waals surface area contributed by atoms with Gasteiger partial charge in [0.1, 0.15) is 6.54 Å². The molecule has 0 atom stereocenters. The van der Waals surface area contributed by atoms with Gasteiger partial charge in [-0.3, -0.25) is 4.79 Å². The molecule has 0 aliphatic carbocycles. The van der Waals surface area contributed by atoms with Gasteiger partial charge in [-0.15, -0.1) is 0 Å². The van der Waals surface area contributed by atoms with Crippen LogP contribution in [0.3, 0.4) is 0 Å². The lowest BCUT2D eigenvalue weighted by Crippen LogP contribution is -2.46. The van der Waals surface area contributed by atoms with Crippen LogP contribution in [0.5, 0.6) is 0 Å². The predicted octanol–water partition coefficient (Wildman–Crippen LogP) is 5.09. The molecule has 144 valence electrons. The third-order valence-corrected chi connectivity index (χ3v) is 5.10. The van der Waals surface area contributed by atoms with E-state index in [9.17, 15) is 18.0 Å². The number of quaternary nitrogens is 1. The highest BCUT2D eigenvalue weighted by Gasteiger charge is 2.31. The first-order chi connectivity index (χ1) is 12.8. The second-order valence-corrected chi connectivity index (χ2v) is 7.52. The molecule has 1 N–H and O–H groups in total. The Balaban J connectivity index is 1.71. The summed E-state index contributed by atoms with van der Waals surface area (Å²) in [4.78, 5) is 12.4. The Morgan fingerprint density at radius 2 is 1.74 bits per heavy atom. The zero-order chi connectivity index (χ0) is 19.5. The van der Waals surface area contributed by atoms with Gasteiger partial charge in [0.25, 0.3) is 5.91 Å². The second-order valence-electron chi connectivity index (χ2n) is 7.52. The molecule has 6 heteroatoms. The number of anilines is 1. The SMILES string of the molecule is C[N+]1(Cc2cccc(NC(=O)c3cccc(C(F)(F)F)c3)c2)CCCCC1. The van der Waals surface area contributed by atoms with Crippen molar-refractivity contribution in [1.29, 1.82) is 0 Å². The molecule has 1 amide bonds. The van der Waals surface area contributed by atoms with Gasteiger partial charge in [0.15, 0.2) is 0 Å². The van der Waals surface area contributed by atoms with Crippen LogP contribution < -0.4 is 5.32 Å². The molecule has 1 aliphatic heterocycles. The molecule has 2 aromatic carbocycles. The van der Waals surface area contributed by atoms with E-state index in [0.29, 0.717) is 5.69 Å². The quantitative estimate of drug-likeness (QED) is 0.739. The number of halogens is 3. The number of hydrogen-bond donors (Lipinski definition) is 1. The molecule has 2 aromatic rings. The van der Waals surface area contributed by atoms with Crippen LogP contribution in [0.25, 0.3) is 0 Å². The zero-order valence-corrected chi connectivity index (χ0v) is 15.4. The first-order valence-corrected chi connectivity index (χ1v) is 9.16. The molecular formula is C21H24F3N2O+. The van der Waals surface area contributed by atoms with Gasteiger partial charge in [-0.1, -0.05) is 18.2 Å². The Labute approximate surface area is 157 Å². The predicted molar refractivity (Wildman–Crippen MR) is 99.3 cm³/mol. The zero-order valence-electron chi connectivity index (χ0n) is 15.4. The largest absolute Gasteiger partial charge is 0.416 e. The van der Waals surface area contributed by atoms with E-state index in [1.54, 1.807) is 6.07 Å². The van der Waals surface area contributed by atoms with Gasteiger partial charge in [0.05, 0.1) is 25.7 Å². The Kier molecular flexibility index (Phi) is 5.56. The minimum atomic E-state index is -4.47. The third-order valence-electron chi connectivity index (χ3n) is 5.10. The van der Waals surface area contributed by atoms with E-state index in [2.05, 4.69) is 12.4 Å².